The third-order valence-electron chi connectivity index (χ3n) is 9.49. The molecule has 1 aromatic carbocycles. The van der Waals surface area contributed by atoms with E-state index in [2.05, 4.69) is 10.6 Å². The second-order valence-corrected chi connectivity index (χ2v) is 12.2. The maximum atomic E-state index is 14.4. The number of fused-ring (bicyclic) bond motifs is 1. The molecular weight excluding hydrogens is 482 g/mol. The number of carbonyl (C=O) groups excluding carboxylic acids is 3. The van der Waals surface area contributed by atoms with Crippen LogP contribution in [0.1, 0.15) is 78.6 Å². The number of ether oxygens (including phenoxy) is 1. The van der Waals surface area contributed by atoms with Gasteiger partial charge in [0.25, 0.3) is 0 Å². The van der Waals surface area contributed by atoms with Crippen LogP contribution in [-0.2, 0) is 19.1 Å². The van der Waals surface area contributed by atoms with Gasteiger partial charge in [-0.25, -0.2) is 0 Å². The molecule has 1 aromatic rings. The van der Waals surface area contributed by atoms with E-state index in [9.17, 15) is 19.5 Å². The number of anilines is 1. The Morgan fingerprint density at radius 3 is 2.45 bits per heavy atom. The topological polar surface area (TPSA) is 108 Å². The monoisotopic (exact) mass is 525 g/mol. The summed E-state index contributed by atoms with van der Waals surface area (Å²) >= 11 is 0. The highest BCUT2D eigenvalue weighted by molar-refractivity contribution is 6.02. The van der Waals surface area contributed by atoms with Crippen LogP contribution in [0, 0.1) is 17.8 Å². The first-order valence-corrected chi connectivity index (χ1v) is 14.6. The third kappa shape index (κ3) is 4.43. The summed E-state index contributed by atoms with van der Waals surface area (Å²) in [7, 11) is 0. The van der Waals surface area contributed by atoms with Crippen LogP contribution in [0.5, 0.6) is 0 Å². The summed E-state index contributed by atoms with van der Waals surface area (Å²) in [4.78, 5) is 43.9. The molecule has 208 valence electrons. The minimum Gasteiger partial charge on any atom is -0.394 e. The van der Waals surface area contributed by atoms with Crippen LogP contribution in [0.4, 0.5) is 5.69 Å². The molecule has 6 atom stereocenters. The van der Waals surface area contributed by atoms with E-state index in [1.165, 1.54) is 6.42 Å². The second kappa shape index (κ2) is 10.6. The van der Waals surface area contributed by atoms with Crippen LogP contribution in [0.2, 0.25) is 0 Å². The number of nitrogens with zero attached hydrogens (tertiary/aromatic N) is 1. The summed E-state index contributed by atoms with van der Waals surface area (Å²) in [6.45, 7) is 5.85. The number of aliphatic hydroxyl groups excluding tert-OH is 1. The number of rotatable bonds is 9. The summed E-state index contributed by atoms with van der Waals surface area (Å²) in [5.41, 5.74) is -1.20. The molecule has 0 radical (unpaired) electrons. The summed E-state index contributed by atoms with van der Waals surface area (Å²) in [6.07, 6.45) is 7.51. The molecule has 2 unspecified atom stereocenters. The van der Waals surface area contributed by atoms with E-state index >= 15 is 0 Å². The molecule has 1 spiro atoms. The molecule has 3 N–H and O–H groups in total. The first-order chi connectivity index (χ1) is 18.3. The second-order valence-electron chi connectivity index (χ2n) is 12.2. The van der Waals surface area contributed by atoms with E-state index in [4.69, 9.17) is 4.74 Å². The van der Waals surface area contributed by atoms with E-state index in [-0.39, 0.29) is 36.3 Å². The molecular formula is C30H43N3O5. The first kappa shape index (κ1) is 27.1. The molecule has 3 aliphatic heterocycles. The standard InChI is InChI=1S/C30H43N3O5/c1-4-29-15-16-30(38-29)24(23(29)26(35)31-20-11-7-5-8-12-20)28(37)33(22(18-34)17-19(2)3)25(30)27(36)32-21-13-9-6-10-14-21/h5,7-8,11-12,19,21-25,34H,4,6,9-10,13-18H2,1-3H3,(H,31,35)(H,32,36)/t22-,23-,24+,25?,29+,30?/m1/s1. The van der Waals surface area contributed by atoms with Gasteiger partial charge in [0, 0.05) is 11.7 Å². The molecule has 4 fully saturated rings. The van der Waals surface area contributed by atoms with Crippen molar-refractivity contribution in [2.45, 2.75) is 108 Å². The van der Waals surface area contributed by atoms with Crippen molar-refractivity contribution in [1.29, 1.82) is 0 Å². The van der Waals surface area contributed by atoms with Crippen molar-refractivity contribution in [2.75, 3.05) is 11.9 Å². The molecule has 2 bridgehead atoms. The van der Waals surface area contributed by atoms with Crippen molar-refractivity contribution in [3.8, 4) is 0 Å². The maximum Gasteiger partial charge on any atom is 0.246 e. The zero-order valence-corrected chi connectivity index (χ0v) is 22.9. The van der Waals surface area contributed by atoms with Gasteiger partial charge in [-0.15, -0.1) is 0 Å². The molecule has 3 heterocycles. The minimum absolute atomic E-state index is 0.0808. The van der Waals surface area contributed by atoms with E-state index in [0.717, 1.165) is 25.7 Å². The highest BCUT2D eigenvalue weighted by Gasteiger charge is 2.79. The fourth-order valence-electron chi connectivity index (χ4n) is 7.84. The average Bonchev–Trinajstić information content (AvgIpc) is 3.52. The van der Waals surface area contributed by atoms with Gasteiger partial charge in [-0.05, 0) is 56.6 Å². The maximum absolute atomic E-state index is 14.4. The molecule has 8 nitrogen and oxygen atoms in total. The van der Waals surface area contributed by atoms with Crippen molar-refractivity contribution >= 4 is 23.4 Å². The van der Waals surface area contributed by atoms with Gasteiger partial charge in [0.2, 0.25) is 17.7 Å². The van der Waals surface area contributed by atoms with Crippen molar-refractivity contribution in [3.63, 3.8) is 0 Å². The molecule has 1 saturated carbocycles. The predicted molar refractivity (Wildman–Crippen MR) is 144 cm³/mol. The molecule has 1 aliphatic carbocycles. The van der Waals surface area contributed by atoms with Gasteiger partial charge in [0.05, 0.1) is 30.1 Å². The number of hydrogen-bond acceptors (Lipinski definition) is 5. The minimum atomic E-state index is -1.07. The van der Waals surface area contributed by atoms with Crippen molar-refractivity contribution in [3.05, 3.63) is 30.3 Å². The lowest BCUT2D eigenvalue weighted by Gasteiger charge is -2.38. The number of para-hydroxylation sites is 1. The molecule has 5 rings (SSSR count). The Labute approximate surface area is 225 Å². The SMILES string of the molecule is CC[C@@]12CCC3(O1)C(C(=O)NC1CCCCC1)N([C@@H](CO)CC(C)C)C(=O)[C@@H]3[C@@H]2C(=O)Nc1ccccc1. The van der Waals surface area contributed by atoms with E-state index in [0.29, 0.717) is 31.4 Å². The lowest BCUT2D eigenvalue weighted by atomic mass is 9.65. The number of hydrogen-bond donors (Lipinski definition) is 3. The lowest BCUT2D eigenvalue weighted by molar-refractivity contribution is -0.151. The Kier molecular flexibility index (Phi) is 7.57. The number of likely N-dealkylation sites (tertiary alicyclic amines) is 1. The molecule has 38 heavy (non-hydrogen) atoms. The average molecular weight is 526 g/mol. The van der Waals surface area contributed by atoms with Crippen LogP contribution in [0.15, 0.2) is 30.3 Å². The van der Waals surface area contributed by atoms with Gasteiger partial charge in [-0.1, -0.05) is 58.2 Å². The molecule has 3 saturated heterocycles. The van der Waals surface area contributed by atoms with Gasteiger partial charge in [0.15, 0.2) is 0 Å². The molecule has 8 heteroatoms. The van der Waals surface area contributed by atoms with Gasteiger partial charge in [-0.2, -0.15) is 0 Å². The Hall–Kier alpha value is -2.45. The lowest BCUT2D eigenvalue weighted by Crippen LogP contribution is -2.59. The Morgan fingerprint density at radius 1 is 1.11 bits per heavy atom. The highest BCUT2D eigenvalue weighted by atomic mass is 16.5. The van der Waals surface area contributed by atoms with Gasteiger partial charge < -0.3 is 25.4 Å². The van der Waals surface area contributed by atoms with Gasteiger partial charge in [0.1, 0.15) is 11.6 Å². The molecule has 0 aromatic heterocycles. The Morgan fingerprint density at radius 2 is 1.82 bits per heavy atom. The third-order valence-corrected chi connectivity index (χ3v) is 9.49. The summed E-state index contributed by atoms with van der Waals surface area (Å²) in [5.74, 6) is -1.93. The zero-order valence-electron chi connectivity index (χ0n) is 22.9. The number of nitrogens with one attached hydrogen (secondary N) is 2. The van der Waals surface area contributed by atoms with E-state index in [1.807, 2.05) is 51.1 Å². The Balaban J connectivity index is 1.53. The van der Waals surface area contributed by atoms with Crippen molar-refractivity contribution in [2.24, 2.45) is 17.8 Å². The van der Waals surface area contributed by atoms with Crippen LogP contribution in [-0.4, -0.2) is 63.7 Å². The quantitative estimate of drug-likeness (QED) is 0.456. The fraction of sp³-hybridized carbons (Fsp3) is 0.700. The molecule has 4 aliphatic rings. The van der Waals surface area contributed by atoms with Crippen LogP contribution >= 0.6 is 0 Å². The summed E-state index contributed by atoms with van der Waals surface area (Å²) < 4.78 is 6.85. The van der Waals surface area contributed by atoms with E-state index < -0.39 is 35.1 Å². The van der Waals surface area contributed by atoms with E-state index in [1.54, 1.807) is 4.90 Å². The fourth-order valence-corrected chi connectivity index (χ4v) is 7.84. The highest BCUT2D eigenvalue weighted by Crippen LogP contribution is 2.64. The van der Waals surface area contributed by atoms with Crippen LogP contribution < -0.4 is 10.6 Å². The predicted octanol–water partition coefficient (Wildman–Crippen LogP) is 3.64. The zero-order chi connectivity index (χ0) is 27.1. The Bertz CT molecular complexity index is 1040. The normalized spacial score (nSPS) is 33.4. The largest absolute Gasteiger partial charge is 0.394 e. The van der Waals surface area contributed by atoms with Gasteiger partial charge in [-0.3, -0.25) is 14.4 Å². The van der Waals surface area contributed by atoms with Crippen LogP contribution in [0.3, 0.4) is 0 Å². The van der Waals surface area contributed by atoms with Crippen molar-refractivity contribution in [1.82, 2.24) is 10.2 Å². The van der Waals surface area contributed by atoms with Gasteiger partial charge >= 0.3 is 0 Å². The first-order valence-electron chi connectivity index (χ1n) is 14.6. The molecule has 3 amide bonds. The van der Waals surface area contributed by atoms with Crippen LogP contribution in [0.25, 0.3) is 0 Å². The summed E-state index contributed by atoms with van der Waals surface area (Å²) in [5, 5.41) is 16.7. The van der Waals surface area contributed by atoms with Crippen molar-refractivity contribution < 1.29 is 24.2 Å². The number of benzene rings is 1. The number of aliphatic hydroxyl groups is 1. The number of carbonyl (C=O) groups is 3. The smallest absolute Gasteiger partial charge is 0.246 e. The number of amides is 3. The summed E-state index contributed by atoms with van der Waals surface area (Å²) in [6, 6.07) is 7.96.